The Kier molecular flexibility index (Phi) is 2.91. The predicted octanol–water partition coefficient (Wildman–Crippen LogP) is 2.48. The monoisotopic (exact) mass is 265 g/mol. The van der Waals surface area contributed by atoms with Crippen molar-refractivity contribution in [1.29, 1.82) is 0 Å². The van der Waals surface area contributed by atoms with E-state index in [-0.39, 0.29) is 17.9 Å². The fourth-order valence-electron chi connectivity index (χ4n) is 2.28. The molecule has 3 rings (SSSR count). The Balaban J connectivity index is 1.86. The van der Waals surface area contributed by atoms with Crippen LogP contribution in [0.4, 0.5) is 0 Å². The summed E-state index contributed by atoms with van der Waals surface area (Å²) in [5.41, 5.74) is 0.633. The van der Waals surface area contributed by atoms with E-state index in [0.717, 1.165) is 25.7 Å². The van der Waals surface area contributed by atoms with E-state index in [2.05, 4.69) is 9.97 Å². The lowest BCUT2D eigenvalue weighted by atomic mass is 10.1. The van der Waals surface area contributed by atoms with Crippen LogP contribution in [0.3, 0.4) is 0 Å². The molecule has 0 spiro atoms. The van der Waals surface area contributed by atoms with E-state index in [1.165, 1.54) is 0 Å². The second-order valence-electron chi connectivity index (χ2n) is 4.42. The summed E-state index contributed by atoms with van der Waals surface area (Å²) in [5.74, 6) is -0.192. The van der Waals surface area contributed by atoms with Crippen LogP contribution in [0.25, 0.3) is 5.52 Å². The summed E-state index contributed by atoms with van der Waals surface area (Å²) in [6.07, 6.45) is 8.77. The molecule has 0 aliphatic heterocycles. The van der Waals surface area contributed by atoms with E-state index >= 15 is 0 Å². The van der Waals surface area contributed by atoms with Crippen molar-refractivity contribution in [2.45, 2.75) is 25.7 Å². The van der Waals surface area contributed by atoms with E-state index in [9.17, 15) is 4.79 Å². The van der Waals surface area contributed by atoms with Crippen molar-refractivity contribution in [3.05, 3.63) is 23.7 Å². The maximum atomic E-state index is 11.9. The van der Waals surface area contributed by atoms with Gasteiger partial charge in [-0.05, 0) is 12.8 Å². The normalized spacial score (nSPS) is 16.3. The summed E-state index contributed by atoms with van der Waals surface area (Å²) in [6.45, 7) is 0. The summed E-state index contributed by atoms with van der Waals surface area (Å²) >= 11 is 5.92. The Labute approximate surface area is 109 Å². The van der Waals surface area contributed by atoms with E-state index in [1.807, 2.05) is 0 Å². The van der Waals surface area contributed by atoms with Crippen LogP contribution in [-0.2, 0) is 4.79 Å². The van der Waals surface area contributed by atoms with Gasteiger partial charge in [-0.15, -0.1) is 0 Å². The number of hydrogen-bond donors (Lipinski definition) is 0. The van der Waals surface area contributed by atoms with Crippen LogP contribution in [0, 0.1) is 5.92 Å². The highest BCUT2D eigenvalue weighted by molar-refractivity contribution is 6.32. The highest BCUT2D eigenvalue weighted by Crippen LogP contribution is 2.27. The van der Waals surface area contributed by atoms with Crippen LogP contribution in [0.5, 0.6) is 6.01 Å². The van der Waals surface area contributed by atoms with E-state index < -0.39 is 0 Å². The second kappa shape index (κ2) is 4.57. The maximum Gasteiger partial charge on any atom is 0.316 e. The topological polar surface area (TPSA) is 56.5 Å². The third-order valence-electron chi connectivity index (χ3n) is 3.26. The molecule has 1 fully saturated rings. The van der Waals surface area contributed by atoms with Crippen molar-refractivity contribution in [1.82, 2.24) is 14.4 Å². The first-order chi connectivity index (χ1) is 8.75. The Bertz CT molecular complexity index is 590. The minimum atomic E-state index is -0.201. The van der Waals surface area contributed by atoms with Gasteiger partial charge in [-0.1, -0.05) is 24.4 Å². The van der Waals surface area contributed by atoms with Gasteiger partial charge in [0.25, 0.3) is 0 Å². The Morgan fingerprint density at radius 1 is 1.39 bits per heavy atom. The number of carbonyl (C=O) groups is 1. The zero-order valence-corrected chi connectivity index (χ0v) is 10.4. The van der Waals surface area contributed by atoms with Gasteiger partial charge in [-0.25, -0.2) is 9.97 Å². The van der Waals surface area contributed by atoms with Crippen LogP contribution < -0.4 is 4.74 Å². The number of fused-ring (bicyclic) bond motifs is 1. The number of esters is 1. The lowest BCUT2D eigenvalue weighted by molar-refractivity contribution is -0.139. The first kappa shape index (κ1) is 11.5. The van der Waals surface area contributed by atoms with Gasteiger partial charge in [0.05, 0.1) is 12.1 Å². The number of halogens is 1. The van der Waals surface area contributed by atoms with E-state index in [1.54, 1.807) is 23.0 Å². The maximum absolute atomic E-state index is 11.9. The van der Waals surface area contributed by atoms with Gasteiger partial charge in [0, 0.05) is 12.4 Å². The Morgan fingerprint density at radius 3 is 2.94 bits per heavy atom. The van der Waals surface area contributed by atoms with Gasteiger partial charge < -0.3 is 4.74 Å². The van der Waals surface area contributed by atoms with Crippen molar-refractivity contribution in [3.8, 4) is 6.01 Å². The van der Waals surface area contributed by atoms with Gasteiger partial charge in [-0.2, -0.15) is 0 Å². The summed E-state index contributed by atoms with van der Waals surface area (Å²) in [4.78, 5) is 19.9. The molecule has 2 heterocycles. The molecule has 0 aromatic carbocycles. The minimum Gasteiger partial charge on any atom is -0.392 e. The van der Waals surface area contributed by atoms with Crippen molar-refractivity contribution < 1.29 is 9.53 Å². The van der Waals surface area contributed by atoms with Gasteiger partial charge >= 0.3 is 12.0 Å². The van der Waals surface area contributed by atoms with Gasteiger partial charge in [0.2, 0.25) is 0 Å². The molecule has 2 aromatic rings. The molecule has 1 aliphatic carbocycles. The van der Waals surface area contributed by atoms with Gasteiger partial charge in [0.15, 0.2) is 5.15 Å². The van der Waals surface area contributed by atoms with E-state index in [4.69, 9.17) is 16.3 Å². The van der Waals surface area contributed by atoms with Crippen LogP contribution in [-0.4, -0.2) is 20.3 Å². The van der Waals surface area contributed by atoms with E-state index in [0.29, 0.717) is 10.7 Å². The largest absolute Gasteiger partial charge is 0.392 e. The highest BCUT2D eigenvalue weighted by Gasteiger charge is 2.25. The molecule has 0 bridgehead atoms. The molecule has 18 heavy (non-hydrogen) atoms. The first-order valence-corrected chi connectivity index (χ1v) is 6.33. The lowest BCUT2D eigenvalue weighted by Crippen LogP contribution is -2.18. The number of hydrogen-bond acceptors (Lipinski definition) is 4. The molecule has 94 valence electrons. The van der Waals surface area contributed by atoms with Crippen molar-refractivity contribution in [2.75, 3.05) is 0 Å². The van der Waals surface area contributed by atoms with Gasteiger partial charge in [0.1, 0.15) is 5.52 Å². The number of aromatic nitrogens is 3. The van der Waals surface area contributed by atoms with Crippen molar-refractivity contribution in [2.24, 2.45) is 5.92 Å². The number of rotatable bonds is 2. The molecule has 0 N–H and O–H groups in total. The molecule has 0 unspecified atom stereocenters. The predicted molar refractivity (Wildman–Crippen MR) is 65.6 cm³/mol. The molecular weight excluding hydrogens is 254 g/mol. The summed E-state index contributed by atoms with van der Waals surface area (Å²) in [6, 6.07) is 0.256. The quantitative estimate of drug-likeness (QED) is 0.783. The van der Waals surface area contributed by atoms with Crippen LogP contribution >= 0.6 is 11.6 Å². The average Bonchev–Trinajstić information content (AvgIpc) is 2.99. The fourth-order valence-corrected chi connectivity index (χ4v) is 2.48. The van der Waals surface area contributed by atoms with Crippen LogP contribution in [0.1, 0.15) is 25.7 Å². The molecule has 6 heteroatoms. The fraction of sp³-hybridized carbons (Fsp3) is 0.417. The lowest BCUT2D eigenvalue weighted by Gasteiger charge is -2.07. The third kappa shape index (κ3) is 1.95. The Hall–Kier alpha value is -1.62. The molecule has 0 saturated heterocycles. The molecule has 5 nitrogen and oxygen atoms in total. The molecule has 1 aliphatic rings. The standard InChI is InChI=1S/C12H12ClN3O2/c13-10-9-7-15-12(16(9)6-5-14-10)18-11(17)8-3-1-2-4-8/h5-8H,1-4H2. The number of imidazole rings is 1. The summed E-state index contributed by atoms with van der Waals surface area (Å²) in [5, 5.41) is 0.341. The second-order valence-corrected chi connectivity index (χ2v) is 4.77. The SMILES string of the molecule is O=C(Oc1ncc2c(Cl)nccn12)C1CCCC1. The third-order valence-corrected chi connectivity index (χ3v) is 3.55. The summed E-state index contributed by atoms with van der Waals surface area (Å²) in [7, 11) is 0. The molecular formula is C12H12ClN3O2. The van der Waals surface area contributed by atoms with Crippen molar-refractivity contribution >= 4 is 23.1 Å². The van der Waals surface area contributed by atoms with Crippen LogP contribution in [0.15, 0.2) is 18.6 Å². The highest BCUT2D eigenvalue weighted by atomic mass is 35.5. The first-order valence-electron chi connectivity index (χ1n) is 5.95. The van der Waals surface area contributed by atoms with Crippen molar-refractivity contribution in [3.63, 3.8) is 0 Å². The Morgan fingerprint density at radius 2 is 2.17 bits per heavy atom. The average molecular weight is 266 g/mol. The zero-order chi connectivity index (χ0) is 12.5. The minimum absolute atomic E-state index is 0.00894. The number of carbonyl (C=O) groups excluding carboxylic acids is 1. The molecule has 2 aromatic heterocycles. The molecule has 0 radical (unpaired) electrons. The summed E-state index contributed by atoms with van der Waals surface area (Å²) < 4.78 is 6.96. The van der Waals surface area contributed by atoms with Crippen LogP contribution in [0.2, 0.25) is 5.15 Å². The zero-order valence-electron chi connectivity index (χ0n) is 9.67. The number of ether oxygens (including phenoxy) is 1. The van der Waals surface area contributed by atoms with Gasteiger partial charge in [-0.3, -0.25) is 9.20 Å². The molecule has 0 amide bonds. The molecule has 1 saturated carbocycles. The number of nitrogens with zero attached hydrogens (tertiary/aromatic N) is 3. The molecule has 0 atom stereocenters. The smallest absolute Gasteiger partial charge is 0.316 e.